The van der Waals surface area contributed by atoms with Crippen LogP contribution in [0.4, 0.5) is 5.69 Å². The number of anilines is 1. The van der Waals surface area contributed by atoms with Crippen LogP contribution in [0.2, 0.25) is 0 Å². The molecule has 0 unspecified atom stereocenters. The Morgan fingerprint density at radius 2 is 1.83 bits per heavy atom. The topological polar surface area (TPSA) is 46.1 Å². The summed E-state index contributed by atoms with van der Waals surface area (Å²) >= 11 is 3.44. The fourth-order valence-corrected chi connectivity index (χ4v) is 7.71. The highest BCUT2D eigenvalue weighted by Gasteiger charge is 2.31. The van der Waals surface area contributed by atoms with Gasteiger partial charge < -0.3 is 4.90 Å². The van der Waals surface area contributed by atoms with Gasteiger partial charge in [0.05, 0.1) is 5.75 Å². The molecule has 0 saturated heterocycles. The minimum absolute atomic E-state index is 0.161. The number of aromatic nitrogens is 2. The van der Waals surface area contributed by atoms with Gasteiger partial charge in [0, 0.05) is 28.4 Å². The maximum Gasteiger partial charge on any atom is 0.237 e. The number of hydrogen-bond acceptors (Lipinski definition) is 5. The van der Waals surface area contributed by atoms with Crippen LogP contribution in [-0.2, 0) is 36.9 Å². The number of thiophene rings is 1. The predicted octanol–water partition coefficient (Wildman–Crippen LogP) is 6.43. The number of hydrogen-bond donors (Lipinski definition) is 0. The Kier molecular flexibility index (Phi) is 6.33. The zero-order valence-electron chi connectivity index (χ0n) is 20.0. The Morgan fingerprint density at radius 1 is 1.03 bits per heavy atom. The van der Waals surface area contributed by atoms with Gasteiger partial charge in [-0.25, -0.2) is 9.97 Å². The molecule has 6 heteroatoms. The van der Waals surface area contributed by atoms with Gasteiger partial charge >= 0.3 is 0 Å². The summed E-state index contributed by atoms with van der Waals surface area (Å²) in [6.45, 7) is 2.14. The van der Waals surface area contributed by atoms with E-state index in [4.69, 9.17) is 9.97 Å². The van der Waals surface area contributed by atoms with E-state index in [1.165, 1.54) is 39.8 Å². The van der Waals surface area contributed by atoms with Crippen LogP contribution < -0.4 is 4.90 Å². The monoisotopic (exact) mass is 499 g/mol. The summed E-state index contributed by atoms with van der Waals surface area (Å²) < 4.78 is 0. The third kappa shape index (κ3) is 4.50. The van der Waals surface area contributed by atoms with Crippen molar-refractivity contribution in [3.8, 4) is 0 Å². The van der Waals surface area contributed by atoms with Crippen LogP contribution in [0.1, 0.15) is 47.2 Å². The molecule has 1 atom stereocenters. The molecule has 3 heterocycles. The van der Waals surface area contributed by atoms with Crippen LogP contribution in [0.25, 0.3) is 10.2 Å². The summed E-state index contributed by atoms with van der Waals surface area (Å²) in [6.07, 6.45) is 7.36. The number of thioether (sulfide) groups is 1. The van der Waals surface area contributed by atoms with E-state index >= 15 is 0 Å². The van der Waals surface area contributed by atoms with Gasteiger partial charge in [-0.2, -0.15) is 0 Å². The van der Waals surface area contributed by atoms with Gasteiger partial charge in [-0.05, 0) is 68.2 Å². The van der Waals surface area contributed by atoms with E-state index in [9.17, 15) is 4.79 Å². The Balaban J connectivity index is 1.28. The molecule has 0 bridgehead atoms. The SMILES string of the molecule is C[C@@H]1Cc2ccccc2N1C(=O)CSc1nc(CCc2ccccc2)nc2sc3c(c12)CCCC3. The minimum atomic E-state index is 0.161. The molecule has 0 fully saturated rings. The van der Waals surface area contributed by atoms with Gasteiger partial charge in [-0.1, -0.05) is 60.3 Å². The van der Waals surface area contributed by atoms with Crippen molar-refractivity contribution in [2.45, 2.75) is 62.9 Å². The Labute approximate surface area is 214 Å². The number of carbonyl (C=O) groups is 1. The van der Waals surface area contributed by atoms with E-state index in [1.807, 2.05) is 28.4 Å². The number of aryl methyl sites for hydroxylation is 4. The number of nitrogens with zero attached hydrogens (tertiary/aromatic N) is 3. The fraction of sp³-hybridized carbons (Fsp3) is 0.345. The first-order chi connectivity index (χ1) is 17.2. The molecule has 6 rings (SSSR count). The fourth-order valence-electron chi connectivity index (χ4n) is 5.43. The molecular weight excluding hydrogens is 470 g/mol. The third-order valence-electron chi connectivity index (χ3n) is 7.12. The molecule has 35 heavy (non-hydrogen) atoms. The number of benzene rings is 2. The van der Waals surface area contributed by atoms with Gasteiger partial charge in [0.25, 0.3) is 0 Å². The summed E-state index contributed by atoms with van der Waals surface area (Å²) in [5.74, 6) is 1.44. The van der Waals surface area contributed by atoms with Crippen LogP contribution in [0.3, 0.4) is 0 Å². The standard InChI is InChI=1S/C29H29N3OS2/c1-19-17-21-11-5-7-13-23(21)32(19)26(33)18-34-28-27-22-12-6-8-14-24(22)35-29(27)31-25(30-28)16-15-20-9-3-2-4-10-20/h2-5,7,9-11,13,19H,6,8,12,14-18H2,1H3/t19-/m1/s1. The first kappa shape index (κ1) is 22.7. The molecule has 4 nitrogen and oxygen atoms in total. The van der Waals surface area contributed by atoms with E-state index in [2.05, 4.69) is 49.4 Å². The van der Waals surface area contributed by atoms with Gasteiger partial charge in [0.15, 0.2) is 0 Å². The molecule has 0 radical (unpaired) electrons. The van der Waals surface area contributed by atoms with E-state index < -0.39 is 0 Å². The van der Waals surface area contributed by atoms with Crippen molar-refractivity contribution < 1.29 is 4.79 Å². The van der Waals surface area contributed by atoms with Crippen LogP contribution in [0, 0.1) is 0 Å². The van der Waals surface area contributed by atoms with Crippen molar-refractivity contribution in [3.63, 3.8) is 0 Å². The summed E-state index contributed by atoms with van der Waals surface area (Å²) in [4.78, 5) is 28.0. The van der Waals surface area contributed by atoms with Crippen molar-refractivity contribution in [1.29, 1.82) is 0 Å². The van der Waals surface area contributed by atoms with E-state index in [0.29, 0.717) is 5.75 Å². The number of fused-ring (bicyclic) bond motifs is 4. The molecule has 2 aromatic carbocycles. The average molecular weight is 500 g/mol. The van der Waals surface area contributed by atoms with Gasteiger partial charge in [0.2, 0.25) is 5.91 Å². The van der Waals surface area contributed by atoms with E-state index in [1.54, 1.807) is 11.8 Å². The molecule has 1 amide bonds. The maximum atomic E-state index is 13.4. The number of amides is 1. The normalized spacial score (nSPS) is 16.9. The molecule has 1 aliphatic carbocycles. The Hall–Kier alpha value is -2.70. The van der Waals surface area contributed by atoms with Gasteiger partial charge in [-0.15, -0.1) is 11.3 Å². The summed E-state index contributed by atoms with van der Waals surface area (Å²) in [5, 5.41) is 2.20. The lowest BCUT2D eigenvalue weighted by Crippen LogP contribution is -2.37. The number of para-hydroxylation sites is 1. The Morgan fingerprint density at radius 3 is 2.71 bits per heavy atom. The van der Waals surface area contributed by atoms with Crippen LogP contribution in [0.5, 0.6) is 0 Å². The summed E-state index contributed by atoms with van der Waals surface area (Å²) in [7, 11) is 0. The molecule has 2 aromatic heterocycles. The lowest BCUT2D eigenvalue weighted by atomic mass is 9.97. The average Bonchev–Trinajstić information content (AvgIpc) is 3.43. The van der Waals surface area contributed by atoms with Crippen molar-refractivity contribution in [2.24, 2.45) is 0 Å². The number of rotatable bonds is 6. The molecule has 178 valence electrons. The maximum absolute atomic E-state index is 13.4. The van der Waals surface area contributed by atoms with Crippen LogP contribution in [-0.4, -0.2) is 27.7 Å². The summed E-state index contributed by atoms with van der Waals surface area (Å²) in [6, 6.07) is 19.0. The van der Waals surface area contributed by atoms with Crippen LogP contribution >= 0.6 is 23.1 Å². The lowest BCUT2D eigenvalue weighted by molar-refractivity contribution is -0.116. The van der Waals surface area contributed by atoms with Crippen molar-refractivity contribution in [3.05, 3.63) is 82.0 Å². The number of carbonyl (C=O) groups excluding carboxylic acids is 1. The Bertz CT molecular complexity index is 1380. The van der Waals surface area contributed by atoms with Crippen molar-refractivity contribution in [2.75, 3.05) is 10.7 Å². The minimum Gasteiger partial charge on any atom is -0.308 e. The smallest absolute Gasteiger partial charge is 0.237 e. The second kappa shape index (κ2) is 9.75. The van der Waals surface area contributed by atoms with E-state index in [-0.39, 0.29) is 11.9 Å². The highest BCUT2D eigenvalue weighted by Crippen LogP contribution is 2.40. The molecule has 2 aliphatic rings. The highest BCUT2D eigenvalue weighted by atomic mass is 32.2. The second-order valence-corrected chi connectivity index (χ2v) is 11.6. The largest absolute Gasteiger partial charge is 0.308 e. The van der Waals surface area contributed by atoms with Gasteiger partial charge in [-0.3, -0.25) is 4.79 Å². The van der Waals surface area contributed by atoms with E-state index in [0.717, 1.165) is 53.5 Å². The highest BCUT2D eigenvalue weighted by molar-refractivity contribution is 8.00. The molecule has 4 aromatic rings. The molecular formula is C29H29N3OS2. The lowest BCUT2D eigenvalue weighted by Gasteiger charge is -2.22. The second-order valence-electron chi connectivity index (χ2n) is 9.56. The zero-order valence-corrected chi connectivity index (χ0v) is 21.6. The van der Waals surface area contributed by atoms with Crippen molar-refractivity contribution in [1.82, 2.24) is 9.97 Å². The van der Waals surface area contributed by atoms with Crippen LogP contribution in [0.15, 0.2) is 59.6 Å². The summed E-state index contributed by atoms with van der Waals surface area (Å²) in [5.41, 5.74) is 5.06. The molecule has 0 N–H and O–H groups in total. The molecule has 1 aliphatic heterocycles. The van der Waals surface area contributed by atoms with Gasteiger partial charge in [0.1, 0.15) is 15.7 Å². The first-order valence-corrected chi connectivity index (χ1v) is 14.4. The third-order valence-corrected chi connectivity index (χ3v) is 9.26. The predicted molar refractivity (Wildman–Crippen MR) is 146 cm³/mol. The molecule has 0 saturated carbocycles. The zero-order chi connectivity index (χ0) is 23.8. The molecule has 0 spiro atoms. The van der Waals surface area contributed by atoms with Crippen molar-refractivity contribution >= 4 is 44.9 Å². The quantitative estimate of drug-likeness (QED) is 0.227. The first-order valence-electron chi connectivity index (χ1n) is 12.5.